The fraction of sp³-hybridized carbons (Fsp3) is 0.480. The third kappa shape index (κ3) is 5.68. The summed E-state index contributed by atoms with van der Waals surface area (Å²) in [6, 6.07) is 19.0. The lowest BCUT2D eigenvalue weighted by Gasteiger charge is -2.34. The molecule has 4 nitrogen and oxygen atoms in total. The fourth-order valence-electron chi connectivity index (χ4n) is 4.43. The summed E-state index contributed by atoms with van der Waals surface area (Å²) >= 11 is 0. The van der Waals surface area contributed by atoms with E-state index in [1.165, 1.54) is 30.5 Å². The molecule has 29 heavy (non-hydrogen) atoms. The second kappa shape index (κ2) is 10.0. The molecule has 0 aromatic heterocycles. The van der Waals surface area contributed by atoms with Crippen molar-refractivity contribution in [3.8, 4) is 0 Å². The van der Waals surface area contributed by atoms with Crippen LogP contribution in [0.2, 0.25) is 0 Å². The number of hydrogen-bond acceptors (Lipinski definition) is 4. The predicted molar refractivity (Wildman–Crippen MR) is 120 cm³/mol. The largest absolute Gasteiger partial charge is 0.372 e. The van der Waals surface area contributed by atoms with Gasteiger partial charge in [-0.2, -0.15) is 0 Å². The van der Waals surface area contributed by atoms with Crippen molar-refractivity contribution < 1.29 is 4.79 Å². The summed E-state index contributed by atoms with van der Waals surface area (Å²) in [6.45, 7) is 8.43. The zero-order chi connectivity index (χ0) is 19.9. The van der Waals surface area contributed by atoms with Gasteiger partial charge >= 0.3 is 0 Å². The minimum Gasteiger partial charge on any atom is -0.372 e. The normalized spacial score (nSPS) is 18.7. The van der Waals surface area contributed by atoms with E-state index < -0.39 is 0 Å². The molecule has 2 heterocycles. The molecule has 2 aliphatic heterocycles. The number of nitrogens with zero attached hydrogens (tertiary/aromatic N) is 3. The van der Waals surface area contributed by atoms with Crippen LogP contribution in [0, 0.1) is 0 Å². The number of ketones is 1. The van der Waals surface area contributed by atoms with Crippen molar-refractivity contribution >= 4 is 11.5 Å². The van der Waals surface area contributed by atoms with Gasteiger partial charge in [0.05, 0.1) is 0 Å². The molecule has 2 aromatic carbocycles. The van der Waals surface area contributed by atoms with Crippen molar-refractivity contribution in [3.63, 3.8) is 0 Å². The molecule has 0 aliphatic carbocycles. The van der Waals surface area contributed by atoms with E-state index >= 15 is 0 Å². The van der Waals surface area contributed by atoms with Crippen LogP contribution < -0.4 is 4.90 Å². The Kier molecular flexibility index (Phi) is 6.96. The Balaban J connectivity index is 1.20. The van der Waals surface area contributed by atoms with Gasteiger partial charge in [0.15, 0.2) is 5.78 Å². The quantitative estimate of drug-likeness (QED) is 0.665. The summed E-state index contributed by atoms with van der Waals surface area (Å²) in [5.41, 5.74) is 3.49. The van der Waals surface area contributed by atoms with Crippen LogP contribution in [0.5, 0.6) is 0 Å². The highest BCUT2D eigenvalue weighted by molar-refractivity contribution is 5.96. The van der Waals surface area contributed by atoms with Gasteiger partial charge in [0.2, 0.25) is 0 Å². The predicted octanol–water partition coefficient (Wildman–Crippen LogP) is 4.07. The van der Waals surface area contributed by atoms with Crippen molar-refractivity contribution in [2.75, 3.05) is 50.7 Å². The van der Waals surface area contributed by atoms with Crippen LogP contribution >= 0.6 is 0 Å². The molecule has 0 radical (unpaired) electrons. The first-order valence-electron chi connectivity index (χ1n) is 11.1. The van der Waals surface area contributed by atoms with Gasteiger partial charge in [0.25, 0.3) is 0 Å². The Hall–Kier alpha value is -2.17. The molecule has 0 unspecified atom stereocenters. The van der Waals surface area contributed by atoms with Crippen LogP contribution in [0.25, 0.3) is 0 Å². The molecule has 154 valence electrons. The standard InChI is InChI=1S/C25H33N3O/c29-25(23-9-11-24(12-10-23)28-14-5-2-6-15-28)13-16-26-17-19-27(20-18-26)21-22-7-3-1-4-8-22/h1,3-4,7-12H,2,5-6,13-21H2. The second-order valence-corrected chi connectivity index (χ2v) is 8.37. The van der Waals surface area contributed by atoms with Crippen molar-refractivity contribution in [2.24, 2.45) is 0 Å². The average Bonchev–Trinajstić information content (AvgIpc) is 2.80. The molecule has 2 fully saturated rings. The van der Waals surface area contributed by atoms with Crippen LogP contribution in [0.3, 0.4) is 0 Å². The SMILES string of the molecule is O=C(CCN1CCN(Cc2ccccc2)CC1)c1ccc(N2CCCCC2)cc1. The van der Waals surface area contributed by atoms with Crippen molar-refractivity contribution in [3.05, 3.63) is 65.7 Å². The molecule has 0 N–H and O–H groups in total. The monoisotopic (exact) mass is 391 g/mol. The topological polar surface area (TPSA) is 26.8 Å². The number of carbonyl (C=O) groups excluding carboxylic acids is 1. The van der Waals surface area contributed by atoms with Crippen molar-refractivity contribution in [1.82, 2.24) is 9.80 Å². The van der Waals surface area contributed by atoms with Crippen LogP contribution in [0.4, 0.5) is 5.69 Å². The maximum Gasteiger partial charge on any atom is 0.164 e. The fourth-order valence-corrected chi connectivity index (χ4v) is 4.43. The molecular formula is C25H33N3O. The number of carbonyl (C=O) groups is 1. The van der Waals surface area contributed by atoms with Crippen molar-refractivity contribution in [1.29, 1.82) is 0 Å². The molecule has 4 heteroatoms. The molecule has 0 saturated carbocycles. The molecule has 2 saturated heterocycles. The van der Waals surface area contributed by atoms with Gasteiger partial charge in [-0.3, -0.25) is 9.69 Å². The maximum atomic E-state index is 12.6. The van der Waals surface area contributed by atoms with E-state index in [0.717, 1.165) is 57.9 Å². The molecular weight excluding hydrogens is 358 g/mol. The van der Waals surface area contributed by atoms with Gasteiger partial charge in [0.1, 0.15) is 0 Å². The summed E-state index contributed by atoms with van der Waals surface area (Å²) in [5, 5.41) is 0. The van der Waals surface area contributed by atoms with Gasteiger partial charge < -0.3 is 9.80 Å². The van der Waals surface area contributed by atoms with Crippen LogP contribution in [0.15, 0.2) is 54.6 Å². The minimum atomic E-state index is 0.266. The smallest absolute Gasteiger partial charge is 0.164 e. The molecule has 4 rings (SSSR count). The maximum absolute atomic E-state index is 12.6. The molecule has 0 bridgehead atoms. The lowest BCUT2D eigenvalue weighted by Crippen LogP contribution is -2.46. The summed E-state index contributed by atoms with van der Waals surface area (Å²) in [5.74, 6) is 0.266. The zero-order valence-corrected chi connectivity index (χ0v) is 17.4. The number of piperazine rings is 1. The molecule has 2 aromatic rings. The number of Topliss-reactive ketones (excluding diaryl/α,β-unsaturated/α-hetero) is 1. The number of rotatable bonds is 7. The number of piperidine rings is 1. The van der Waals surface area contributed by atoms with Crippen LogP contribution in [-0.4, -0.2) is 61.4 Å². The van der Waals surface area contributed by atoms with E-state index in [1.807, 2.05) is 12.1 Å². The second-order valence-electron chi connectivity index (χ2n) is 8.37. The Labute approximate surface area is 175 Å². The first-order chi connectivity index (χ1) is 14.3. The van der Waals surface area contributed by atoms with E-state index in [4.69, 9.17) is 0 Å². The van der Waals surface area contributed by atoms with E-state index in [9.17, 15) is 4.79 Å². The highest BCUT2D eigenvalue weighted by Gasteiger charge is 2.18. The molecule has 0 atom stereocenters. The van der Waals surface area contributed by atoms with Crippen LogP contribution in [-0.2, 0) is 6.54 Å². The Morgan fingerprint density at radius 2 is 1.38 bits per heavy atom. The van der Waals surface area contributed by atoms with Gasteiger partial charge in [-0.1, -0.05) is 30.3 Å². The summed E-state index contributed by atoms with van der Waals surface area (Å²) in [4.78, 5) is 20.0. The highest BCUT2D eigenvalue weighted by atomic mass is 16.1. The van der Waals surface area contributed by atoms with E-state index in [0.29, 0.717) is 6.42 Å². The third-order valence-electron chi connectivity index (χ3n) is 6.28. The summed E-state index contributed by atoms with van der Waals surface area (Å²) in [7, 11) is 0. The van der Waals surface area contributed by atoms with E-state index in [1.54, 1.807) is 0 Å². The lowest BCUT2D eigenvalue weighted by molar-refractivity contribution is 0.0922. The first-order valence-corrected chi connectivity index (χ1v) is 11.1. The molecule has 0 spiro atoms. The Bertz CT molecular complexity index is 760. The summed E-state index contributed by atoms with van der Waals surface area (Å²) in [6.07, 6.45) is 4.51. The lowest BCUT2D eigenvalue weighted by atomic mass is 10.1. The third-order valence-corrected chi connectivity index (χ3v) is 6.28. The summed E-state index contributed by atoms with van der Waals surface area (Å²) < 4.78 is 0. The Morgan fingerprint density at radius 3 is 2.07 bits per heavy atom. The number of anilines is 1. The van der Waals surface area contributed by atoms with Crippen LogP contribution in [0.1, 0.15) is 41.6 Å². The number of hydrogen-bond donors (Lipinski definition) is 0. The average molecular weight is 392 g/mol. The zero-order valence-electron chi connectivity index (χ0n) is 17.4. The van der Waals surface area contributed by atoms with Gasteiger partial charge in [-0.25, -0.2) is 0 Å². The Morgan fingerprint density at radius 1 is 0.724 bits per heavy atom. The first kappa shape index (κ1) is 20.1. The molecule has 2 aliphatic rings. The highest BCUT2D eigenvalue weighted by Crippen LogP contribution is 2.20. The molecule has 0 amide bonds. The van der Waals surface area contributed by atoms with E-state index in [2.05, 4.69) is 57.2 Å². The minimum absolute atomic E-state index is 0.266. The number of benzene rings is 2. The van der Waals surface area contributed by atoms with E-state index in [-0.39, 0.29) is 5.78 Å². The van der Waals surface area contributed by atoms with Gasteiger partial charge in [-0.15, -0.1) is 0 Å². The van der Waals surface area contributed by atoms with Gasteiger partial charge in [-0.05, 0) is 49.1 Å². The van der Waals surface area contributed by atoms with Gasteiger partial charge in [0, 0.05) is 70.0 Å². The van der Waals surface area contributed by atoms with Crippen molar-refractivity contribution in [2.45, 2.75) is 32.2 Å².